The molecule has 33 heavy (non-hydrogen) atoms. The number of ether oxygens (including phenoxy) is 2. The number of benzene rings is 2. The summed E-state index contributed by atoms with van der Waals surface area (Å²) in [6.07, 6.45) is 7.32. The van der Waals surface area contributed by atoms with Gasteiger partial charge in [-0.15, -0.1) is 0 Å². The van der Waals surface area contributed by atoms with Crippen LogP contribution in [-0.4, -0.2) is 19.5 Å². The summed E-state index contributed by atoms with van der Waals surface area (Å²) in [5, 5.41) is 0. The van der Waals surface area contributed by atoms with E-state index in [0.717, 1.165) is 37.7 Å². The molecule has 1 aliphatic carbocycles. The Balaban J connectivity index is 1.25. The maximum atomic E-state index is 12.2. The van der Waals surface area contributed by atoms with E-state index < -0.39 is 6.08 Å². The van der Waals surface area contributed by atoms with Gasteiger partial charge in [-0.25, -0.2) is 0 Å². The highest BCUT2D eigenvalue weighted by Crippen LogP contribution is 2.40. The third kappa shape index (κ3) is 6.74. The van der Waals surface area contributed by atoms with Crippen molar-refractivity contribution in [2.24, 2.45) is 0 Å². The fourth-order valence-electron chi connectivity index (χ4n) is 5.24. The van der Waals surface area contributed by atoms with E-state index in [9.17, 15) is 8.78 Å². The highest BCUT2D eigenvalue weighted by Gasteiger charge is 2.25. The van der Waals surface area contributed by atoms with Crippen molar-refractivity contribution in [2.75, 3.05) is 13.2 Å². The van der Waals surface area contributed by atoms with Crippen molar-refractivity contribution < 1.29 is 18.3 Å². The Hall–Kier alpha value is -2.04. The topological polar surface area (TPSA) is 18.5 Å². The van der Waals surface area contributed by atoms with Gasteiger partial charge in [0.25, 0.3) is 6.08 Å². The summed E-state index contributed by atoms with van der Waals surface area (Å²) in [5.74, 6) is 1.56. The van der Waals surface area contributed by atoms with Crippen LogP contribution in [0.3, 0.4) is 0 Å². The summed E-state index contributed by atoms with van der Waals surface area (Å²) in [4.78, 5) is 0. The molecule has 2 aromatic rings. The molecule has 1 aliphatic heterocycles. The van der Waals surface area contributed by atoms with E-state index in [1.165, 1.54) is 42.4 Å². The number of rotatable bonds is 8. The van der Waals surface area contributed by atoms with E-state index in [1.54, 1.807) is 0 Å². The molecule has 1 saturated heterocycles. The molecule has 0 N–H and O–H groups in total. The van der Waals surface area contributed by atoms with Crippen molar-refractivity contribution in [1.82, 2.24) is 0 Å². The van der Waals surface area contributed by atoms with E-state index in [0.29, 0.717) is 30.6 Å². The van der Waals surface area contributed by atoms with Gasteiger partial charge in [-0.2, -0.15) is 8.78 Å². The van der Waals surface area contributed by atoms with Gasteiger partial charge in [-0.3, -0.25) is 0 Å². The molecule has 0 amide bonds. The lowest BCUT2D eigenvalue weighted by Gasteiger charge is -2.31. The van der Waals surface area contributed by atoms with Crippen molar-refractivity contribution in [3.05, 3.63) is 82.9 Å². The zero-order valence-electron chi connectivity index (χ0n) is 19.6. The number of halogens is 2. The molecule has 0 unspecified atom stereocenters. The van der Waals surface area contributed by atoms with Crippen LogP contribution >= 0.6 is 0 Å². The highest BCUT2D eigenvalue weighted by molar-refractivity contribution is 5.30. The molecular weight excluding hydrogens is 418 g/mol. The molecule has 4 heteroatoms. The van der Waals surface area contributed by atoms with Gasteiger partial charge >= 0.3 is 0 Å². The standard InChI is InChI=1S/C29H36F2O2/c1-2-4-29-32-19-27(20-33-29)26-17-15-25(16-18-26)24-13-11-23(12-14-24)22-9-7-21(8-10-22)5-3-6-28(30)31/h6-10,15-18,23-24,27,29H,2-5,11-14,19-20H2,1H3. The van der Waals surface area contributed by atoms with Crippen LogP contribution in [0.1, 0.15) is 91.9 Å². The Morgan fingerprint density at radius 3 is 1.76 bits per heavy atom. The molecule has 0 atom stereocenters. The van der Waals surface area contributed by atoms with Crippen LogP contribution in [0.4, 0.5) is 8.78 Å². The first-order chi connectivity index (χ1) is 16.1. The quantitative estimate of drug-likeness (QED) is 0.401. The Kier molecular flexibility index (Phi) is 8.69. The van der Waals surface area contributed by atoms with Crippen LogP contribution in [0.15, 0.2) is 60.7 Å². The average Bonchev–Trinajstić information content (AvgIpc) is 2.85. The Labute approximate surface area is 197 Å². The summed E-state index contributed by atoms with van der Waals surface area (Å²) in [7, 11) is 0. The lowest BCUT2D eigenvalue weighted by atomic mass is 9.76. The molecular formula is C29H36F2O2. The van der Waals surface area contributed by atoms with Gasteiger partial charge in [0.05, 0.1) is 13.2 Å². The first-order valence-corrected chi connectivity index (χ1v) is 12.6. The molecule has 2 nitrogen and oxygen atoms in total. The third-order valence-corrected chi connectivity index (χ3v) is 7.28. The lowest BCUT2D eigenvalue weighted by Crippen LogP contribution is -2.30. The second kappa shape index (κ2) is 11.9. The van der Waals surface area contributed by atoms with Crippen LogP contribution in [0.25, 0.3) is 0 Å². The van der Waals surface area contributed by atoms with Crippen molar-refractivity contribution in [2.45, 2.75) is 82.3 Å². The predicted molar refractivity (Wildman–Crippen MR) is 129 cm³/mol. The van der Waals surface area contributed by atoms with Crippen LogP contribution < -0.4 is 0 Å². The normalized spacial score (nSPS) is 25.5. The first-order valence-electron chi connectivity index (χ1n) is 12.6. The van der Waals surface area contributed by atoms with E-state index in [-0.39, 0.29) is 6.29 Å². The average molecular weight is 455 g/mol. The molecule has 0 radical (unpaired) electrons. The van der Waals surface area contributed by atoms with Crippen LogP contribution in [0.5, 0.6) is 0 Å². The molecule has 1 saturated carbocycles. The van der Waals surface area contributed by atoms with Crippen LogP contribution in [-0.2, 0) is 15.9 Å². The predicted octanol–water partition coefficient (Wildman–Crippen LogP) is 8.10. The summed E-state index contributed by atoms with van der Waals surface area (Å²) >= 11 is 0. The second-order valence-electron chi connectivity index (χ2n) is 9.57. The summed E-state index contributed by atoms with van der Waals surface area (Å²) in [6, 6.07) is 17.8. The molecule has 1 heterocycles. The maximum Gasteiger partial charge on any atom is 0.266 e. The fraction of sp³-hybridized carbons (Fsp3) is 0.517. The zero-order valence-corrected chi connectivity index (χ0v) is 19.6. The van der Waals surface area contributed by atoms with Crippen LogP contribution in [0, 0.1) is 0 Å². The highest BCUT2D eigenvalue weighted by atomic mass is 19.3. The maximum absolute atomic E-state index is 12.2. The van der Waals surface area contributed by atoms with E-state index in [1.807, 2.05) is 0 Å². The summed E-state index contributed by atoms with van der Waals surface area (Å²) in [6.45, 7) is 3.65. The smallest absolute Gasteiger partial charge is 0.266 e. The van der Waals surface area contributed by atoms with Gasteiger partial charge in [0.15, 0.2) is 6.29 Å². The second-order valence-corrected chi connectivity index (χ2v) is 9.57. The minimum absolute atomic E-state index is 0.0278. The molecule has 4 rings (SSSR count). The molecule has 2 aliphatic rings. The summed E-state index contributed by atoms with van der Waals surface area (Å²) < 4.78 is 36.1. The largest absolute Gasteiger partial charge is 0.352 e. The molecule has 2 fully saturated rings. The number of allylic oxidation sites excluding steroid dienone is 1. The minimum atomic E-state index is -1.59. The SMILES string of the molecule is CCCC1OCC(c2ccc(C3CCC(c4ccc(CCC=C(F)F)cc4)CC3)cc2)CO1. The molecule has 0 spiro atoms. The van der Waals surface area contributed by atoms with Crippen molar-refractivity contribution in [3.63, 3.8) is 0 Å². The van der Waals surface area contributed by atoms with E-state index in [2.05, 4.69) is 55.5 Å². The summed E-state index contributed by atoms with van der Waals surface area (Å²) in [5.41, 5.74) is 5.27. The monoisotopic (exact) mass is 454 g/mol. The first kappa shape index (κ1) is 24.1. The van der Waals surface area contributed by atoms with Gasteiger partial charge in [0.2, 0.25) is 0 Å². The van der Waals surface area contributed by atoms with Crippen molar-refractivity contribution in [3.8, 4) is 0 Å². The third-order valence-electron chi connectivity index (χ3n) is 7.28. The van der Waals surface area contributed by atoms with E-state index >= 15 is 0 Å². The van der Waals surface area contributed by atoms with Gasteiger partial charge in [-0.05, 0) is 85.1 Å². The van der Waals surface area contributed by atoms with Gasteiger partial charge in [-0.1, -0.05) is 61.9 Å². The van der Waals surface area contributed by atoms with Gasteiger partial charge in [0.1, 0.15) is 0 Å². The Morgan fingerprint density at radius 1 is 0.788 bits per heavy atom. The zero-order chi connectivity index (χ0) is 23.0. The van der Waals surface area contributed by atoms with Gasteiger partial charge < -0.3 is 9.47 Å². The molecule has 178 valence electrons. The molecule has 0 aromatic heterocycles. The number of hydrogen-bond acceptors (Lipinski definition) is 2. The fourth-order valence-corrected chi connectivity index (χ4v) is 5.24. The number of hydrogen-bond donors (Lipinski definition) is 0. The lowest BCUT2D eigenvalue weighted by molar-refractivity contribution is -0.189. The molecule has 2 aromatic carbocycles. The van der Waals surface area contributed by atoms with Crippen molar-refractivity contribution in [1.29, 1.82) is 0 Å². The Bertz CT molecular complexity index is 871. The Morgan fingerprint density at radius 2 is 1.27 bits per heavy atom. The van der Waals surface area contributed by atoms with Crippen molar-refractivity contribution >= 4 is 0 Å². The number of aryl methyl sites for hydroxylation is 1. The van der Waals surface area contributed by atoms with Crippen LogP contribution in [0.2, 0.25) is 0 Å². The molecule has 0 bridgehead atoms. The van der Waals surface area contributed by atoms with Gasteiger partial charge in [0, 0.05) is 5.92 Å². The minimum Gasteiger partial charge on any atom is -0.352 e. The van der Waals surface area contributed by atoms with E-state index in [4.69, 9.17) is 9.47 Å².